The summed E-state index contributed by atoms with van der Waals surface area (Å²) in [7, 11) is 0. The molecule has 24 heavy (non-hydrogen) atoms. The maximum Gasteiger partial charge on any atom is 0.245 e. The van der Waals surface area contributed by atoms with Gasteiger partial charge in [-0.25, -0.2) is 4.39 Å². The number of amides is 3. The van der Waals surface area contributed by atoms with E-state index in [1.165, 1.54) is 12.1 Å². The number of nitrogens with zero attached hydrogens (tertiary/aromatic N) is 2. The van der Waals surface area contributed by atoms with E-state index < -0.39 is 6.04 Å². The Kier molecular flexibility index (Phi) is 4.78. The van der Waals surface area contributed by atoms with E-state index in [0.29, 0.717) is 39.0 Å². The molecular formula is C17H20FN3O3. The Balaban J connectivity index is 1.49. The summed E-state index contributed by atoms with van der Waals surface area (Å²) in [5.74, 6) is -0.492. The number of hydrogen-bond donors (Lipinski definition) is 1. The van der Waals surface area contributed by atoms with Gasteiger partial charge in [-0.1, -0.05) is 12.1 Å². The van der Waals surface area contributed by atoms with Crippen LogP contribution in [-0.2, 0) is 20.8 Å². The first kappa shape index (κ1) is 16.4. The molecule has 0 radical (unpaired) electrons. The first-order valence-corrected chi connectivity index (χ1v) is 8.13. The predicted molar refractivity (Wildman–Crippen MR) is 84.4 cm³/mol. The van der Waals surface area contributed by atoms with Crippen LogP contribution in [-0.4, -0.2) is 59.7 Å². The van der Waals surface area contributed by atoms with Crippen molar-refractivity contribution in [3.8, 4) is 0 Å². The fraction of sp³-hybridized carbons (Fsp3) is 0.471. The van der Waals surface area contributed by atoms with Crippen LogP contribution in [0.2, 0.25) is 0 Å². The molecule has 3 amide bonds. The van der Waals surface area contributed by atoms with Gasteiger partial charge in [0, 0.05) is 32.6 Å². The van der Waals surface area contributed by atoms with Crippen molar-refractivity contribution in [2.75, 3.05) is 26.2 Å². The lowest BCUT2D eigenvalue weighted by atomic mass is 10.1. The molecule has 2 aliphatic rings. The molecule has 0 aromatic heterocycles. The standard InChI is InChI=1S/C17H20FN3O3/c18-13-3-1-12(2-4-13)11-16(23)20-7-9-21(10-8-20)17(24)14-5-6-15(22)19-14/h1-4,14H,5-11H2,(H,19,22). The maximum absolute atomic E-state index is 12.9. The van der Waals surface area contributed by atoms with E-state index in [9.17, 15) is 18.8 Å². The van der Waals surface area contributed by atoms with Crippen LogP contribution in [0.5, 0.6) is 0 Å². The molecule has 128 valence electrons. The van der Waals surface area contributed by atoms with E-state index in [0.717, 1.165) is 5.56 Å². The molecule has 1 N–H and O–H groups in total. The van der Waals surface area contributed by atoms with E-state index in [1.54, 1.807) is 21.9 Å². The van der Waals surface area contributed by atoms with Crippen LogP contribution in [0, 0.1) is 5.82 Å². The van der Waals surface area contributed by atoms with Crippen LogP contribution < -0.4 is 5.32 Å². The number of rotatable bonds is 3. The summed E-state index contributed by atoms with van der Waals surface area (Å²) in [6.45, 7) is 1.90. The number of benzene rings is 1. The molecule has 0 aliphatic carbocycles. The number of carbonyl (C=O) groups excluding carboxylic acids is 3. The first-order valence-electron chi connectivity index (χ1n) is 8.13. The molecule has 1 atom stereocenters. The zero-order valence-electron chi connectivity index (χ0n) is 13.3. The molecule has 2 aliphatic heterocycles. The second kappa shape index (κ2) is 6.98. The summed E-state index contributed by atoms with van der Waals surface area (Å²) in [4.78, 5) is 39.3. The highest BCUT2D eigenvalue weighted by Crippen LogP contribution is 2.13. The summed E-state index contributed by atoms with van der Waals surface area (Å²) in [5.41, 5.74) is 0.772. The second-order valence-electron chi connectivity index (χ2n) is 6.17. The summed E-state index contributed by atoms with van der Waals surface area (Å²) >= 11 is 0. The topological polar surface area (TPSA) is 69.7 Å². The molecule has 0 saturated carbocycles. The molecule has 2 saturated heterocycles. The summed E-state index contributed by atoms with van der Waals surface area (Å²) in [6, 6.07) is 5.48. The fourth-order valence-electron chi connectivity index (χ4n) is 3.08. The van der Waals surface area contributed by atoms with Crippen molar-refractivity contribution in [2.45, 2.75) is 25.3 Å². The van der Waals surface area contributed by atoms with Crippen LogP contribution >= 0.6 is 0 Å². The molecular weight excluding hydrogens is 313 g/mol. The molecule has 1 unspecified atom stereocenters. The van der Waals surface area contributed by atoms with Gasteiger partial charge in [-0.2, -0.15) is 0 Å². The SMILES string of the molecule is O=C1CCC(C(=O)N2CCN(C(=O)Cc3ccc(F)cc3)CC2)N1. The molecule has 3 rings (SSSR count). The van der Waals surface area contributed by atoms with Gasteiger partial charge >= 0.3 is 0 Å². The Bertz CT molecular complexity index is 639. The number of nitrogens with one attached hydrogen (secondary N) is 1. The van der Waals surface area contributed by atoms with Gasteiger partial charge < -0.3 is 15.1 Å². The van der Waals surface area contributed by atoms with Crippen molar-refractivity contribution in [1.29, 1.82) is 0 Å². The van der Waals surface area contributed by atoms with Gasteiger partial charge in [-0.05, 0) is 24.1 Å². The van der Waals surface area contributed by atoms with Gasteiger partial charge in [-0.3, -0.25) is 14.4 Å². The number of hydrogen-bond acceptors (Lipinski definition) is 3. The Labute approximate surface area is 139 Å². The quantitative estimate of drug-likeness (QED) is 0.866. The fourth-order valence-corrected chi connectivity index (χ4v) is 3.08. The normalized spacial score (nSPS) is 20.9. The van der Waals surface area contributed by atoms with Gasteiger partial charge in [-0.15, -0.1) is 0 Å². The Morgan fingerprint density at radius 2 is 1.71 bits per heavy atom. The van der Waals surface area contributed by atoms with Crippen molar-refractivity contribution in [2.24, 2.45) is 0 Å². The average Bonchev–Trinajstić information content (AvgIpc) is 3.03. The minimum Gasteiger partial charge on any atom is -0.344 e. The van der Waals surface area contributed by atoms with E-state index in [4.69, 9.17) is 0 Å². The summed E-state index contributed by atoms with van der Waals surface area (Å²) < 4.78 is 12.9. The number of piperazine rings is 1. The lowest BCUT2D eigenvalue weighted by molar-refractivity contribution is -0.140. The van der Waals surface area contributed by atoms with Gasteiger partial charge in [0.1, 0.15) is 11.9 Å². The Hall–Kier alpha value is -2.44. The smallest absolute Gasteiger partial charge is 0.245 e. The number of halogens is 1. The van der Waals surface area contributed by atoms with Gasteiger partial charge in [0.15, 0.2) is 0 Å². The van der Waals surface area contributed by atoms with Crippen molar-refractivity contribution in [1.82, 2.24) is 15.1 Å². The van der Waals surface area contributed by atoms with Crippen molar-refractivity contribution in [3.05, 3.63) is 35.6 Å². The molecule has 2 heterocycles. The first-order chi connectivity index (χ1) is 11.5. The number of carbonyl (C=O) groups is 3. The van der Waals surface area contributed by atoms with Crippen LogP contribution in [0.3, 0.4) is 0 Å². The third-order valence-corrected chi connectivity index (χ3v) is 4.51. The Morgan fingerprint density at radius 1 is 1.08 bits per heavy atom. The molecule has 0 spiro atoms. The van der Waals surface area contributed by atoms with Gasteiger partial charge in [0.2, 0.25) is 17.7 Å². The van der Waals surface area contributed by atoms with Gasteiger partial charge in [0.05, 0.1) is 6.42 Å². The predicted octanol–water partition coefficient (Wildman–Crippen LogP) is 0.318. The van der Waals surface area contributed by atoms with Crippen LogP contribution in [0.15, 0.2) is 24.3 Å². The summed E-state index contributed by atoms with van der Waals surface area (Å²) in [6.07, 6.45) is 1.17. The molecule has 7 heteroatoms. The highest BCUT2D eigenvalue weighted by Gasteiger charge is 2.32. The van der Waals surface area contributed by atoms with E-state index in [2.05, 4.69) is 5.32 Å². The minimum absolute atomic E-state index is 0.0251. The zero-order valence-corrected chi connectivity index (χ0v) is 13.3. The third-order valence-electron chi connectivity index (χ3n) is 4.51. The minimum atomic E-state index is -0.418. The average molecular weight is 333 g/mol. The van der Waals surface area contributed by atoms with E-state index >= 15 is 0 Å². The highest BCUT2D eigenvalue weighted by molar-refractivity contribution is 5.91. The molecule has 2 fully saturated rings. The molecule has 6 nitrogen and oxygen atoms in total. The highest BCUT2D eigenvalue weighted by atomic mass is 19.1. The van der Waals surface area contributed by atoms with Gasteiger partial charge in [0.25, 0.3) is 0 Å². The van der Waals surface area contributed by atoms with Crippen molar-refractivity contribution < 1.29 is 18.8 Å². The zero-order chi connectivity index (χ0) is 17.1. The van der Waals surface area contributed by atoms with E-state index in [-0.39, 0.29) is 30.0 Å². The monoisotopic (exact) mass is 333 g/mol. The lowest BCUT2D eigenvalue weighted by Gasteiger charge is -2.36. The maximum atomic E-state index is 12.9. The molecule has 1 aromatic rings. The Morgan fingerprint density at radius 3 is 2.29 bits per heavy atom. The van der Waals surface area contributed by atoms with E-state index in [1.807, 2.05) is 0 Å². The molecule has 0 bridgehead atoms. The van der Waals surface area contributed by atoms with Crippen LogP contribution in [0.25, 0.3) is 0 Å². The van der Waals surface area contributed by atoms with Crippen LogP contribution in [0.4, 0.5) is 4.39 Å². The largest absolute Gasteiger partial charge is 0.344 e. The lowest BCUT2D eigenvalue weighted by Crippen LogP contribution is -2.54. The van der Waals surface area contributed by atoms with Crippen molar-refractivity contribution in [3.63, 3.8) is 0 Å². The third kappa shape index (κ3) is 3.72. The van der Waals surface area contributed by atoms with Crippen molar-refractivity contribution >= 4 is 17.7 Å². The second-order valence-corrected chi connectivity index (χ2v) is 6.17. The molecule has 1 aromatic carbocycles. The summed E-state index contributed by atoms with van der Waals surface area (Å²) in [5, 5.41) is 2.68. The van der Waals surface area contributed by atoms with Crippen LogP contribution in [0.1, 0.15) is 18.4 Å².